The van der Waals surface area contributed by atoms with Crippen LogP contribution in [0.2, 0.25) is 5.02 Å². The predicted molar refractivity (Wildman–Crippen MR) is 136 cm³/mol. The predicted octanol–water partition coefficient (Wildman–Crippen LogP) is 4.62. The van der Waals surface area contributed by atoms with Crippen LogP contribution in [-0.4, -0.2) is 44.4 Å². The van der Waals surface area contributed by atoms with Crippen LogP contribution in [0.25, 0.3) is 0 Å². The minimum absolute atomic E-state index is 0.0101. The first-order valence-corrected chi connectivity index (χ1v) is 13.4. The Kier molecular flexibility index (Phi) is 7.41. The maximum absolute atomic E-state index is 14.3. The summed E-state index contributed by atoms with van der Waals surface area (Å²) in [6.45, 7) is 3.63. The highest BCUT2D eigenvalue weighted by Gasteiger charge is 2.68. The highest BCUT2D eigenvalue weighted by Crippen LogP contribution is 2.59. The SMILES string of the molecule is CCOC(=O)[C@]12C=CC=CC[C@H]1[C@H](C(=O)OC)N(S(=O)(=O)c1ccc(C)cc1)[C@@H]2c1ccc(Cl)cc1. The lowest BCUT2D eigenvalue weighted by Gasteiger charge is -2.36. The van der Waals surface area contributed by atoms with Crippen molar-refractivity contribution in [3.05, 3.63) is 89.0 Å². The van der Waals surface area contributed by atoms with Gasteiger partial charge >= 0.3 is 11.9 Å². The van der Waals surface area contributed by atoms with Crippen LogP contribution in [0.4, 0.5) is 0 Å². The third-order valence-corrected chi connectivity index (χ3v) is 8.95. The van der Waals surface area contributed by atoms with Gasteiger partial charge in [0.05, 0.1) is 24.7 Å². The highest BCUT2D eigenvalue weighted by molar-refractivity contribution is 7.89. The number of carbonyl (C=O) groups excluding carboxylic acids is 2. The fourth-order valence-electron chi connectivity index (χ4n) is 5.23. The molecular weight excluding hydrogens is 502 g/mol. The Bertz CT molecular complexity index is 1300. The highest BCUT2D eigenvalue weighted by atomic mass is 35.5. The molecule has 1 fully saturated rings. The van der Waals surface area contributed by atoms with Crippen LogP contribution in [0, 0.1) is 18.3 Å². The molecule has 0 amide bonds. The number of carbonyl (C=O) groups is 2. The molecule has 2 aromatic rings. The van der Waals surface area contributed by atoms with Gasteiger partial charge in [-0.1, -0.05) is 65.7 Å². The van der Waals surface area contributed by atoms with Crippen molar-refractivity contribution in [1.82, 2.24) is 4.31 Å². The second-order valence-electron chi connectivity index (χ2n) is 8.85. The van der Waals surface area contributed by atoms with Crippen molar-refractivity contribution in [3.8, 4) is 0 Å². The van der Waals surface area contributed by atoms with E-state index in [-0.39, 0.29) is 17.9 Å². The van der Waals surface area contributed by atoms with Gasteiger partial charge in [0, 0.05) is 10.9 Å². The lowest BCUT2D eigenvalue weighted by Crippen LogP contribution is -2.44. The summed E-state index contributed by atoms with van der Waals surface area (Å²) < 4.78 is 40.4. The summed E-state index contributed by atoms with van der Waals surface area (Å²) in [6.07, 6.45) is 7.23. The molecule has 0 spiro atoms. The Morgan fingerprint density at radius 1 is 1.08 bits per heavy atom. The van der Waals surface area contributed by atoms with Gasteiger partial charge in [0.15, 0.2) is 0 Å². The van der Waals surface area contributed by atoms with Crippen molar-refractivity contribution in [2.24, 2.45) is 11.3 Å². The minimum atomic E-state index is -4.29. The maximum atomic E-state index is 14.3. The number of halogens is 1. The summed E-state index contributed by atoms with van der Waals surface area (Å²) in [7, 11) is -3.08. The van der Waals surface area contributed by atoms with Crippen LogP contribution in [0.15, 0.2) is 77.7 Å². The largest absolute Gasteiger partial charge is 0.468 e. The Labute approximate surface area is 216 Å². The van der Waals surface area contributed by atoms with Crippen LogP contribution < -0.4 is 0 Å². The molecule has 190 valence electrons. The third-order valence-electron chi connectivity index (χ3n) is 6.84. The van der Waals surface area contributed by atoms with E-state index in [0.717, 1.165) is 9.87 Å². The fourth-order valence-corrected chi connectivity index (χ4v) is 7.19. The Morgan fingerprint density at radius 3 is 2.36 bits per heavy atom. The van der Waals surface area contributed by atoms with Gasteiger partial charge < -0.3 is 9.47 Å². The van der Waals surface area contributed by atoms with Crippen LogP contribution in [0.5, 0.6) is 0 Å². The molecule has 2 aliphatic rings. The molecule has 0 radical (unpaired) electrons. The van der Waals surface area contributed by atoms with Crippen molar-refractivity contribution in [2.45, 2.75) is 37.2 Å². The van der Waals surface area contributed by atoms with Gasteiger partial charge in [0.2, 0.25) is 10.0 Å². The van der Waals surface area contributed by atoms with Crippen LogP contribution in [0.1, 0.15) is 30.5 Å². The van der Waals surface area contributed by atoms with Crippen molar-refractivity contribution >= 4 is 33.6 Å². The summed E-state index contributed by atoms with van der Waals surface area (Å²) in [4.78, 5) is 27.2. The number of sulfonamides is 1. The average molecular weight is 530 g/mol. The number of benzene rings is 2. The van der Waals surface area contributed by atoms with Crippen LogP contribution in [0.3, 0.4) is 0 Å². The summed E-state index contributed by atoms with van der Waals surface area (Å²) in [5.41, 5.74) is -0.106. The summed E-state index contributed by atoms with van der Waals surface area (Å²) in [5.74, 6) is -2.13. The fraction of sp³-hybridized carbons (Fsp3) is 0.333. The van der Waals surface area contributed by atoms with Gasteiger partial charge in [0.1, 0.15) is 11.5 Å². The number of fused-ring (bicyclic) bond motifs is 1. The number of methoxy groups -OCH3 is 1. The Balaban J connectivity index is 2.06. The number of esters is 2. The second kappa shape index (κ2) is 10.2. The molecule has 0 saturated carbocycles. The van der Waals surface area contributed by atoms with E-state index in [0.29, 0.717) is 10.6 Å². The van der Waals surface area contributed by atoms with Gasteiger partial charge in [-0.25, -0.2) is 8.42 Å². The van der Waals surface area contributed by atoms with E-state index in [4.69, 9.17) is 21.1 Å². The average Bonchev–Trinajstić information content (AvgIpc) is 2.99. The number of rotatable bonds is 6. The number of allylic oxidation sites excluding steroid dienone is 3. The molecule has 1 aliphatic carbocycles. The van der Waals surface area contributed by atoms with E-state index >= 15 is 0 Å². The molecule has 4 rings (SSSR count). The van der Waals surface area contributed by atoms with Crippen molar-refractivity contribution in [2.75, 3.05) is 13.7 Å². The Hall–Kier alpha value is -2.94. The van der Waals surface area contributed by atoms with Gasteiger partial charge in [-0.2, -0.15) is 4.31 Å². The number of nitrogens with zero attached hydrogens (tertiary/aromatic N) is 1. The minimum Gasteiger partial charge on any atom is -0.468 e. The van der Waals surface area contributed by atoms with Gasteiger partial charge in [0.25, 0.3) is 0 Å². The Morgan fingerprint density at radius 2 is 1.75 bits per heavy atom. The zero-order valence-electron chi connectivity index (χ0n) is 20.3. The smallest absolute Gasteiger partial charge is 0.324 e. The van der Waals surface area contributed by atoms with Gasteiger partial charge in [-0.3, -0.25) is 9.59 Å². The van der Waals surface area contributed by atoms with Gasteiger partial charge in [-0.05, 0) is 50.1 Å². The monoisotopic (exact) mass is 529 g/mol. The van der Waals surface area contributed by atoms with E-state index in [1.165, 1.54) is 19.2 Å². The van der Waals surface area contributed by atoms with Crippen molar-refractivity contribution < 1.29 is 27.5 Å². The molecule has 1 aliphatic heterocycles. The number of ether oxygens (including phenoxy) is 2. The lowest BCUT2D eigenvalue weighted by molar-refractivity contribution is -0.156. The van der Waals surface area contributed by atoms with Crippen LogP contribution in [-0.2, 0) is 29.1 Å². The van der Waals surface area contributed by atoms with E-state index < -0.39 is 45.4 Å². The van der Waals surface area contributed by atoms with E-state index in [1.807, 2.05) is 13.0 Å². The standard InChI is InChI=1S/C27H28ClNO6S/c1-4-35-26(31)27-17-7-5-6-8-22(27)23(25(30)34-3)29(24(27)19-11-13-20(28)14-12-19)36(32,33)21-15-9-18(2)10-16-21/h5-7,9-17,22-24H,4,8H2,1-3H3/t22-,23+,24+,27+/m0/s1. The first kappa shape index (κ1) is 26.1. The normalized spacial score (nSPS) is 25.7. The van der Waals surface area contributed by atoms with Crippen LogP contribution >= 0.6 is 11.6 Å². The number of hydrogen-bond acceptors (Lipinski definition) is 6. The summed E-state index contributed by atoms with van der Waals surface area (Å²) in [5, 5.41) is 0.453. The molecule has 0 N–H and O–H groups in total. The molecule has 1 heterocycles. The molecule has 2 aromatic carbocycles. The topological polar surface area (TPSA) is 90.0 Å². The molecule has 36 heavy (non-hydrogen) atoms. The van der Waals surface area contributed by atoms with Crippen molar-refractivity contribution in [3.63, 3.8) is 0 Å². The molecule has 4 atom stereocenters. The molecular formula is C27H28ClNO6S. The first-order valence-electron chi connectivity index (χ1n) is 11.6. The second-order valence-corrected chi connectivity index (χ2v) is 11.1. The number of aryl methyl sites for hydroxylation is 1. The zero-order chi connectivity index (χ0) is 26.1. The molecule has 0 aromatic heterocycles. The summed E-state index contributed by atoms with van der Waals surface area (Å²) >= 11 is 6.15. The molecule has 0 unspecified atom stereocenters. The molecule has 9 heteroatoms. The summed E-state index contributed by atoms with van der Waals surface area (Å²) in [6, 6.07) is 10.6. The van der Waals surface area contributed by atoms with E-state index in [1.54, 1.807) is 61.5 Å². The molecule has 0 bridgehead atoms. The lowest BCUT2D eigenvalue weighted by atomic mass is 9.68. The first-order chi connectivity index (χ1) is 17.2. The molecule has 1 saturated heterocycles. The quantitative estimate of drug-likeness (QED) is 0.507. The van der Waals surface area contributed by atoms with E-state index in [2.05, 4.69) is 0 Å². The van der Waals surface area contributed by atoms with E-state index in [9.17, 15) is 18.0 Å². The zero-order valence-corrected chi connectivity index (χ0v) is 21.8. The maximum Gasteiger partial charge on any atom is 0.324 e. The van der Waals surface area contributed by atoms with Gasteiger partial charge in [-0.15, -0.1) is 0 Å². The molecule has 7 nitrogen and oxygen atoms in total. The third kappa shape index (κ3) is 4.27. The number of hydrogen-bond donors (Lipinski definition) is 0. The van der Waals surface area contributed by atoms with Crippen molar-refractivity contribution in [1.29, 1.82) is 0 Å².